The first-order chi connectivity index (χ1) is 17.3. The Morgan fingerprint density at radius 1 is 0.972 bits per heavy atom. The van der Waals surface area contributed by atoms with Gasteiger partial charge in [-0.3, -0.25) is 4.98 Å². The fourth-order valence-electron chi connectivity index (χ4n) is 3.33. The van der Waals surface area contributed by atoms with Gasteiger partial charge in [-0.15, -0.1) is 0 Å². The van der Waals surface area contributed by atoms with Crippen molar-refractivity contribution in [1.29, 1.82) is 0 Å². The molecule has 0 atom stereocenters. The Balaban J connectivity index is 1.71. The predicted octanol–water partition coefficient (Wildman–Crippen LogP) is 3.53. The molecule has 0 aliphatic heterocycles. The van der Waals surface area contributed by atoms with E-state index in [1.54, 1.807) is 31.2 Å². The Bertz CT molecular complexity index is 1530. The number of carbonyl (C=O) groups is 2. The molecule has 0 aliphatic rings. The van der Waals surface area contributed by atoms with E-state index in [1.165, 1.54) is 50.0 Å². The second-order valence-electron chi connectivity index (χ2n) is 7.32. The van der Waals surface area contributed by atoms with Crippen molar-refractivity contribution in [3.63, 3.8) is 0 Å². The second kappa shape index (κ2) is 10.4. The Labute approximate surface area is 206 Å². The standard InChI is InChI=1S/C24H21N5O6S/c1-3-35-23(31)19-14-27-20-10-5-15(22(30)34-2)13-18(20)21(19)28-16-6-8-17(9-7-16)36(32,33)29-24-25-11-4-12-26-24/h4-14H,3H2,1-2H3,(H,27,28)(H,25,26,29). The van der Waals surface area contributed by atoms with Crippen molar-refractivity contribution >= 4 is 50.2 Å². The van der Waals surface area contributed by atoms with Crippen molar-refractivity contribution in [1.82, 2.24) is 15.0 Å². The number of nitrogens with one attached hydrogen (secondary N) is 2. The summed E-state index contributed by atoms with van der Waals surface area (Å²) in [6, 6.07) is 12.2. The first-order valence-electron chi connectivity index (χ1n) is 10.7. The fraction of sp³-hybridized carbons (Fsp3) is 0.125. The van der Waals surface area contributed by atoms with E-state index in [2.05, 4.69) is 25.0 Å². The number of hydrogen-bond donors (Lipinski definition) is 2. The molecular formula is C24H21N5O6S. The predicted molar refractivity (Wildman–Crippen MR) is 132 cm³/mol. The van der Waals surface area contributed by atoms with Crippen LogP contribution in [-0.2, 0) is 19.5 Å². The Hall–Kier alpha value is -4.58. The lowest BCUT2D eigenvalue weighted by molar-refractivity contribution is 0.0526. The van der Waals surface area contributed by atoms with Gasteiger partial charge in [0.15, 0.2) is 0 Å². The lowest BCUT2D eigenvalue weighted by atomic mass is 10.1. The number of rotatable bonds is 8. The smallest absolute Gasteiger partial charge is 0.341 e. The van der Waals surface area contributed by atoms with Gasteiger partial charge in [0.05, 0.1) is 35.4 Å². The summed E-state index contributed by atoms with van der Waals surface area (Å²) >= 11 is 0. The van der Waals surface area contributed by atoms with Gasteiger partial charge in [-0.25, -0.2) is 32.7 Å². The topological polar surface area (TPSA) is 149 Å². The molecule has 4 rings (SSSR count). The van der Waals surface area contributed by atoms with Crippen LogP contribution in [0.4, 0.5) is 17.3 Å². The van der Waals surface area contributed by atoms with Crippen LogP contribution in [0.3, 0.4) is 0 Å². The highest BCUT2D eigenvalue weighted by Crippen LogP contribution is 2.31. The lowest BCUT2D eigenvalue weighted by Gasteiger charge is -2.15. The zero-order chi connectivity index (χ0) is 25.7. The molecule has 0 radical (unpaired) electrons. The summed E-state index contributed by atoms with van der Waals surface area (Å²) in [5, 5.41) is 3.61. The Morgan fingerprint density at radius 2 is 1.69 bits per heavy atom. The summed E-state index contributed by atoms with van der Waals surface area (Å²) in [7, 11) is -2.65. The highest BCUT2D eigenvalue weighted by Gasteiger charge is 2.20. The van der Waals surface area contributed by atoms with Crippen LogP contribution in [0.2, 0.25) is 0 Å². The van der Waals surface area contributed by atoms with Crippen LogP contribution in [0, 0.1) is 0 Å². The number of nitrogens with zero attached hydrogens (tertiary/aromatic N) is 3. The van der Waals surface area contributed by atoms with Crippen molar-refractivity contribution in [2.75, 3.05) is 23.8 Å². The molecular weight excluding hydrogens is 486 g/mol. The van der Waals surface area contributed by atoms with Gasteiger partial charge in [-0.05, 0) is 55.5 Å². The summed E-state index contributed by atoms with van der Waals surface area (Å²) in [6.07, 6.45) is 4.22. The van der Waals surface area contributed by atoms with Crippen molar-refractivity contribution in [2.45, 2.75) is 11.8 Å². The average Bonchev–Trinajstić information content (AvgIpc) is 2.89. The van der Waals surface area contributed by atoms with Crippen molar-refractivity contribution < 1.29 is 27.5 Å². The van der Waals surface area contributed by atoms with Gasteiger partial charge in [0, 0.05) is 29.7 Å². The van der Waals surface area contributed by atoms with E-state index in [9.17, 15) is 18.0 Å². The molecule has 0 fully saturated rings. The van der Waals surface area contributed by atoms with Crippen molar-refractivity contribution in [3.8, 4) is 0 Å². The highest BCUT2D eigenvalue weighted by atomic mass is 32.2. The van der Waals surface area contributed by atoms with Crippen molar-refractivity contribution in [3.05, 3.63) is 78.2 Å². The quantitative estimate of drug-likeness (QED) is 0.339. The maximum atomic E-state index is 12.7. The number of carbonyl (C=O) groups excluding carboxylic acids is 2. The van der Waals surface area contributed by atoms with E-state index < -0.39 is 22.0 Å². The zero-order valence-electron chi connectivity index (χ0n) is 19.3. The maximum absolute atomic E-state index is 12.7. The molecule has 12 heteroatoms. The zero-order valence-corrected chi connectivity index (χ0v) is 20.1. The average molecular weight is 508 g/mol. The number of methoxy groups -OCH3 is 1. The maximum Gasteiger partial charge on any atom is 0.341 e. The first kappa shape index (κ1) is 24.5. The lowest BCUT2D eigenvalue weighted by Crippen LogP contribution is -2.14. The molecule has 184 valence electrons. The van der Waals surface area contributed by atoms with Crippen LogP contribution in [-0.4, -0.2) is 49.0 Å². The number of benzene rings is 2. The number of fused-ring (bicyclic) bond motifs is 1. The van der Waals surface area contributed by atoms with Crippen LogP contribution >= 0.6 is 0 Å². The molecule has 0 amide bonds. The summed E-state index contributed by atoms with van der Waals surface area (Å²) in [5.41, 5.74) is 1.75. The van der Waals surface area contributed by atoms with E-state index in [0.717, 1.165) is 0 Å². The van der Waals surface area contributed by atoms with E-state index in [1.807, 2.05) is 0 Å². The molecule has 2 aromatic carbocycles. The summed E-state index contributed by atoms with van der Waals surface area (Å²) in [4.78, 5) is 36.7. The SMILES string of the molecule is CCOC(=O)c1cnc2ccc(C(=O)OC)cc2c1Nc1ccc(S(=O)(=O)Nc2ncccn2)cc1. The largest absolute Gasteiger partial charge is 0.465 e. The van der Waals surface area contributed by atoms with Gasteiger partial charge in [0.25, 0.3) is 10.0 Å². The summed E-state index contributed by atoms with van der Waals surface area (Å²) in [5.74, 6) is -1.21. The molecule has 0 saturated heterocycles. The molecule has 36 heavy (non-hydrogen) atoms. The molecule has 2 heterocycles. The Kier molecular flexibility index (Phi) is 7.06. The third-order valence-electron chi connectivity index (χ3n) is 5.01. The van der Waals surface area contributed by atoms with Gasteiger partial charge in [-0.2, -0.15) is 0 Å². The van der Waals surface area contributed by atoms with Gasteiger partial charge in [0.2, 0.25) is 5.95 Å². The number of ether oxygens (including phenoxy) is 2. The van der Waals surface area contributed by atoms with Gasteiger partial charge in [-0.1, -0.05) is 0 Å². The van der Waals surface area contributed by atoms with E-state index in [4.69, 9.17) is 9.47 Å². The van der Waals surface area contributed by atoms with Crippen molar-refractivity contribution in [2.24, 2.45) is 0 Å². The summed E-state index contributed by atoms with van der Waals surface area (Å²) in [6.45, 7) is 1.84. The molecule has 4 aromatic rings. The molecule has 0 bridgehead atoms. The van der Waals surface area contributed by atoms with Gasteiger partial charge in [0.1, 0.15) is 5.56 Å². The highest BCUT2D eigenvalue weighted by molar-refractivity contribution is 7.92. The van der Waals surface area contributed by atoms with Crippen LogP contribution in [0.15, 0.2) is 72.0 Å². The van der Waals surface area contributed by atoms with E-state index in [-0.39, 0.29) is 28.6 Å². The molecule has 0 saturated carbocycles. The van der Waals surface area contributed by atoms with Crippen LogP contribution < -0.4 is 10.0 Å². The number of esters is 2. The molecule has 2 N–H and O–H groups in total. The number of anilines is 3. The Morgan fingerprint density at radius 3 is 2.36 bits per heavy atom. The molecule has 11 nitrogen and oxygen atoms in total. The first-order valence-corrected chi connectivity index (χ1v) is 12.2. The second-order valence-corrected chi connectivity index (χ2v) is 9.00. The number of sulfonamides is 1. The molecule has 0 aliphatic carbocycles. The third kappa shape index (κ3) is 5.23. The normalized spacial score (nSPS) is 11.1. The van der Waals surface area contributed by atoms with Crippen LogP contribution in [0.5, 0.6) is 0 Å². The number of hydrogen-bond acceptors (Lipinski definition) is 10. The number of pyridine rings is 1. The minimum Gasteiger partial charge on any atom is -0.465 e. The van der Waals surface area contributed by atoms with Crippen LogP contribution in [0.25, 0.3) is 10.9 Å². The molecule has 0 spiro atoms. The van der Waals surface area contributed by atoms with E-state index in [0.29, 0.717) is 22.3 Å². The number of aromatic nitrogens is 3. The van der Waals surface area contributed by atoms with Gasteiger partial charge >= 0.3 is 11.9 Å². The monoisotopic (exact) mass is 507 g/mol. The fourth-order valence-corrected chi connectivity index (χ4v) is 4.29. The minimum atomic E-state index is -3.92. The molecule has 0 unspecified atom stereocenters. The van der Waals surface area contributed by atoms with Gasteiger partial charge < -0.3 is 14.8 Å². The van der Waals surface area contributed by atoms with Crippen LogP contribution in [0.1, 0.15) is 27.6 Å². The molecule has 2 aromatic heterocycles. The minimum absolute atomic E-state index is 0.0151. The van der Waals surface area contributed by atoms with E-state index >= 15 is 0 Å². The third-order valence-corrected chi connectivity index (χ3v) is 6.35. The summed E-state index contributed by atoms with van der Waals surface area (Å²) < 4.78 is 37.6.